The summed E-state index contributed by atoms with van der Waals surface area (Å²) in [4.78, 5) is 29.1. The van der Waals surface area contributed by atoms with Gasteiger partial charge in [0.25, 0.3) is 5.91 Å². The Morgan fingerprint density at radius 1 is 1.00 bits per heavy atom. The molecule has 0 spiro atoms. The number of piperazine rings is 1. The fourth-order valence-electron chi connectivity index (χ4n) is 3.03. The number of hydrogen-bond acceptors (Lipinski definition) is 6. The molecule has 1 aliphatic rings. The first-order valence-electron chi connectivity index (χ1n) is 8.51. The highest BCUT2D eigenvalue weighted by Crippen LogP contribution is 2.14. The molecule has 0 saturated carbocycles. The van der Waals surface area contributed by atoms with Crippen LogP contribution in [0.2, 0.25) is 0 Å². The van der Waals surface area contributed by atoms with E-state index in [2.05, 4.69) is 25.0 Å². The van der Waals surface area contributed by atoms with Crippen LogP contribution in [0.25, 0.3) is 0 Å². The third-order valence-electron chi connectivity index (χ3n) is 4.45. The van der Waals surface area contributed by atoms with E-state index in [0.717, 1.165) is 24.5 Å². The number of nitrogens with zero attached hydrogens (tertiary/aromatic N) is 7. The summed E-state index contributed by atoms with van der Waals surface area (Å²) in [5.74, 6) is 0.924. The molecule has 8 nitrogen and oxygen atoms in total. The molecule has 1 amide bonds. The molecule has 132 valence electrons. The molecule has 26 heavy (non-hydrogen) atoms. The zero-order valence-electron chi connectivity index (χ0n) is 14.3. The summed E-state index contributed by atoms with van der Waals surface area (Å²) in [6.07, 6.45) is 8.29. The van der Waals surface area contributed by atoms with Crippen molar-refractivity contribution in [3.8, 4) is 0 Å². The van der Waals surface area contributed by atoms with Crippen LogP contribution in [-0.4, -0.2) is 61.7 Å². The summed E-state index contributed by atoms with van der Waals surface area (Å²) in [5, 5.41) is 4.09. The predicted molar refractivity (Wildman–Crippen MR) is 95.7 cm³/mol. The number of hydrogen-bond donors (Lipinski definition) is 0. The van der Waals surface area contributed by atoms with Crippen molar-refractivity contribution < 1.29 is 4.79 Å². The standard InChI is InChI=1S/C18H19N7O/c26-18(16-3-1-15(2-4-16)12-25-14-20-13-22-25)24-9-7-23(8-10-24)17-11-19-5-6-21-17/h1-6,11,13-14H,7-10,12H2. The average Bonchev–Trinajstić information content (AvgIpc) is 3.22. The van der Waals surface area contributed by atoms with Crippen molar-refractivity contribution in [2.75, 3.05) is 31.1 Å². The first-order valence-corrected chi connectivity index (χ1v) is 8.51. The topological polar surface area (TPSA) is 80.0 Å². The molecule has 1 fully saturated rings. The monoisotopic (exact) mass is 349 g/mol. The Bertz CT molecular complexity index is 841. The first kappa shape index (κ1) is 16.2. The molecular weight excluding hydrogens is 330 g/mol. The Kier molecular flexibility index (Phi) is 4.55. The third kappa shape index (κ3) is 3.53. The van der Waals surface area contributed by atoms with Gasteiger partial charge in [0, 0.05) is 44.1 Å². The van der Waals surface area contributed by atoms with E-state index in [1.54, 1.807) is 29.6 Å². The zero-order valence-corrected chi connectivity index (χ0v) is 14.3. The summed E-state index contributed by atoms with van der Waals surface area (Å²) in [6, 6.07) is 7.68. The SMILES string of the molecule is O=C(c1ccc(Cn2cncn2)cc1)N1CCN(c2cnccn2)CC1. The fourth-order valence-corrected chi connectivity index (χ4v) is 3.03. The average molecular weight is 349 g/mol. The maximum absolute atomic E-state index is 12.7. The Hall–Kier alpha value is -3.29. The molecule has 1 aromatic carbocycles. The smallest absolute Gasteiger partial charge is 0.253 e. The van der Waals surface area contributed by atoms with Gasteiger partial charge in [0.1, 0.15) is 18.5 Å². The molecule has 2 aromatic heterocycles. The van der Waals surface area contributed by atoms with Crippen LogP contribution in [0.3, 0.4) is 0 Å². The summed E-state index contributed by atoms with van der Waals surface area (Å²) >= 11 is 0. The van der Waals surface area contributed by atoms with Crippen molar-refractivity contribution in [3.63, 3.8) is 0 Å². The fraction of sp³-hybridized carbons (Fsp3) is 0.278. The van der Waals surface area contributed by atoms with Crippen LogP contribution in [0.5, 0.6) is 0 Å². The Morgan fingerprint density at radius 3 is 2.46 bits per heavy atom. The molecule has 3 heterocycles. The highest BCUT2D eigenvalue weighted by Gasteiger charge is 2.22. The van der Waals surface area contributed by atoms with Crippen LogP contribution in [0.1, 0.15) is 15.9 Å². The second kappa shape index (κ2) is 7.30. The molecule has 0 atom stereocenters. The summed E-state index contributed by atoms with van der Waals surface area (Å²) in [5.41, 5.74) is 1.79. The quantitative estimate of drug-likeness (QED) is 0.701. The Balaban J connectivity index is 1.36. The molecule has 4 rings (SSSR count). The summed E-state index contributed by atoms with van der Waals surface area (Å²) in [7, 11) is 0. The molecule has 0 radical (unpaired) electrons. The van der Waals surface area contributed by atoms with Crippen molar-refractivity contribution in [2.45, 2.75) is 6.54 Å². The van der Waals surface area contributed by atoms with Crippen LogP contribution in [0.15, 0.2) is 55.5 Å². The highest BCUT2D eigenvalue weighted by molar-refractivity contribution is 5.94. The lowest BCUT2D eigenvalue weighted by molar-refractivity contribution is 0.0746. The van der Waals surface area contributed by atoms with Crippen molar-refractivity contribution in [1.29, 1.82) is 0 Å². The molecular formula is C18H19N7O. The van der Waals surface area contributed by atoms with Crippen molar-refractivity contribution >= 4 is 11.7 Å². The molecule has 0 bridgehead atoms. The second-order valence-corrected chi connectivity index (χ2v) is 6.13. The minimum Gasteiger partial charge on any atom is -0.352 e. The number of aromatic nitrogens is 5. The van der Waals surface area contributed by atoms with Gasteiger partial charge in [-0.05, 0) is 17.7 Å². The van der Waals surface area contributed by atoms with Crippen molar-refractivity contribution in [3.05, 3.63) is 66.6 Å². The number of carbonyl (C=O) groups is 1. The van der Waals surface area contributed by atoms with Crippen LogP contribution in [0.4, 0.5) is 5.82 Å². The van der Waals surface area contributed by atoms with E-state index < -0.39 is 0 Å². The van der Waals surface area contributed by atoms with E-state index in [1.165, 1.54) is 6.33 Å². The minimum absolute atomic E-state index is 0.0658. The largest absolute Gasteiger partial charge is 0.352 e. The Morgan fingerprint density at radius 2 is 1.81 bits per heavy atom. The van der Waals surface area contributed by atoms with E-state index in [0.29, 0.717) is 25.2 Å². The van der Waals surface area contributed by atoms with Crippen molar-refractivity contribution in [1.82, 2.24) is 29.6 Å². The lowest BCUT2D eigenvalue weighted by Crippen LogP contribution is -2.49. The minimum atomic E-state index is 0.0658. The van der Waals surface area contributed by atoms with Gasteiger partial charge in [-0.25, -0.2) is 14.6 Å². The molecule has 1 saturated heterocycles. The van der Waals surface area contributed by atoms with Crippen LogP contribution in [0, 0.1) is 0 Å². The van der Waals surface area contributed by atoms with Gasteiger partial charge in [0.05, 0.1) is 12.7 Å². The molecule has 3 aromatic rings. The van der Waals surface area contributed by atoms with E-state index in [1.807, 2.05) is 29.2 Å². The molecule has 0 aliphatic carbocycles. The second-order valence-electron chi connectivity index (χ2n) is 6.13. The molecule has 1 aliphatic heterocycles. The number of amides is 1. The van der Waals surface area contributed by atoms with Gasteiger partial charge in [-0.15, -0.1) is 0 Å². The van der Waals surface area contributed by atoms with Gasteiger partial charge in [-0.3, -0.25) is 9.78 Å². The number of carbonyl (C=O) groups excluding carboxylic acids is 1. The summed E-state index contributed by atoms with van der Waals surface area (Å²) in [6.45, 7) is 3.51. The van der Waals surface area contributed by atoms with Gasteiger partial charge in [-0.1, -0.05) is 12.1 Å². The maximum Gasteiger partial charge on any atom is 0.253 e. The van der Waals surface area contributed by atoms with Gasteiger partial charge in [0.2, 0.25) is 0 Å². The van der Waals surface area contributed by atoms with Crippen LogP contribution in [-0.2, 0) is 6.54 Å². The van der Waals surface area contributed by atoms with E-state index in [4.69, 9.17) is 0 Å². The third-order valence-corrected chi connectivity index (χ3v) is 4.45. The number of anilines is 1. The van der Waals surface area contributed by atoms with E-state index >= 15 is 0 Å². The van der Waals surface area contributed by atoms with E-state index in [-0.39, 0.29) is 5.91 Å². The van der Waals surface area contributed by atoms with Gasteiger partial charge >= 0.3 is 0 Å². The lowest BCUT2D eigenvalue weighted by Gasteiger charge is -2.35. The molecule has 0 unspecified atom stereocenters. The lowest BCUT2D eigenvalue weighted by atomic mass is 10.1. The first-order chi connectivity index (χ1) is 12.8. The zero-order chi connectivity index (χ0) is 17.8. The van der Waals surface area contributed by atoms with Gasteiger partial charge in [0.15, 0.2) is 0 Å². The maximum atomic E-state index is 12.7. The highest BCUT2D eigenvalue weighted by atomic mass is 16.2. The van der Waals surface area contributed by atoms with Crippen LogP contribution < -0.4 is 4.90 Å². The summed E-state index contributed by atoms with van der Waals surface area (Å²) < 4.78 is 1.75. The predicted octanol–water partition coefficient (Wildman–Crippen LogP) is 1.08. The van der Waals surface area contributed by atoms with Gasteiger partial charge < -0.3 is 9.80 Å². The van der Waals surface area contributed by atoms with Crippen molar-refractivity contribution in [2.24, 2.45) is 0 Å². The molecule has 8 heteroatoms. The van der Waals surface area contributed by atoms with E-state index in [9.17, 15) is 4.79 Å². The normalized spacial score (nSPS) is 14.5. The number of benzene rings is 1. The number of rotatable bonds is 4. The van der Waals surface area contributed by atoms with Crippen LogP contribution >= 0.6 is 0 Å². The Labute approximate surface area is 151 Å². The molecule has 0 N–H and O–H groups in total. The van der Waals surface area contributed by atoms with Gasteiger partial charge in [-0.2, -0.15) is 5.10 Å².